The number of ether oxygens (including phenoxy) is 1. The van der Waals surface area contributed by atoms with Crippen LogP contribution in [0.1, 0.15) is 9.75 Å². The Morgan fingerprint density at radius 1 is 1.28 bits per heavy atom. The average Bonchev–Trinajstić information content (AvgIpc) is 2.79. The minimum atomic E-state index is -0.342. The van der Waals surface area contributed by atoms with Gasteiger partial charge in [0.1, 0.15) is 6.61 Å². The fourth-order valence-corrected chi connectivity index (χ4v) is 2.79. The maximum atomic E-state index is 13.4. The van der Waals surface area contributed by atoms with Gasteiger partial charge in [-0.2, -0.15) is 0 Å². The van der Waals surface area contributed by atoms with Crippen LogP contribution in [0.4, 0.5) is 4.39 Å². The summed E-state index contributed by atoms with van der Waals surface area (Å²) in [6.45, 7) is 1.23. The Hall–Kier alpha value is -0.910. The summed E-state index contributed by atoms with van der Waals surface area (Å²) in [4.78, 5) is 2.32. The van der Waals surface area contributed by atoms with Crippen molar-refractivity contribution >= 4 is 27.3 Å². The molecule has 1 N–H and O–H groups in total. The van der Waals surface area contributed by atoms with Crippen molar-refractivity contribution in [3.8, 4) is 5.75 Å². The van der Waals surface area contributed by atoms with E-state index >= 15 is 0 Å². The molecule has 1 heterocycles. The van der Waals surface area contributed by atoms with E-state index in [2.05, 4.69) is 27.3 Å². The maximum absolute atomic E-state index is 13.4. The molecule has 0 spiro atoms. The van der Waals surface area contributed by atoms with Gasteiger partial charge < -0.3 is 10.1 Å². The number of nitrogens with one attached hydrogen (secondary N) is 1. The first-order chi connectivity index (χ1) is 8.69. The lowest BCUT2D eigenvalue weighted by Crippen LogP contribution is -2.02. The predicted molar refractivity (Wildman–Crippen MR) is 75.5 cm³/mol. The molecular formula is C13H13BrFNOS. The number of thiophene rings is 1. The van der Waals surface area contributed by atoms with E-state index in [1.54, 1.807) is 23.5 Å². The Morgan fingerprint density at radius 3 is 2.83 bits per heavy atom. The van der Waals surface area contributed by atoms with Gasteiger partial charge in [-0.25, -0.2) is 4.39 Å². The maximum Gasteiger partial charge on any atom is 0.165 e. The number of halogens is 2. The van der Waals surface area contributed by atoms with E-state index in [0.717, 1.165) is 15.9 Å². The van der Waals surface area contributed by atoms with Gasteiger partial charge in [-0.1, -0.05) is 15.9 Å². The first-order valence-electron chi connectivity index (χ1n) is 5.49. The van der Waals surface area contributed by atoms with Crippen LogP contribution in [0.2, 0.25) is 0 Å². The normalized spacial score (nSPS) is 10.6. The van der Waals surface area contributed by atoms with Crippen LogP contribution in [0, 0.1) is 5.82 Å². The molecule has 0 amide bonds. The van der Waals surface area contributed by atoms with Crippen molar-refractivity contribution in [3.05, 3.63) is 50.4 Å². The third kappa shape index (κ3) is 3.54. The first-order valence-corrected chi connectivity index (χ1v) is 7.10. The van der Waals surface area contributed by atoms with E-state index in [0.29, 0.717) is 6.61 Å². The van der Waals surface area contributed by atoms with Crippen LogP contribution in [-0.4, -0.2) is 7.05 Å². The molecule has 0 aliphatic rings. The Kier molecular flexibility index (Phi) is 4.74. The lowest BCUT2D eigenvalue weighted by Gasteiger charge is -2.06. The molecule has 0 aliphatic heterocycles. The molecular weight excluding hydrogens is 317 g/mol. The number of rotatable bonds is 5. The third-order valence-corrected chi connectivity index (χ3v) is 3.88. The molecule has 2 rings (SSSR count). The highest BCUT2D eigenvalue weighted by molar-refractivity contribution is 9.10. The summed E-state index contributed by atoms with van der Waals surface area (Å²) in [5.74, 6) is -0.0712. The van der Waals surface area contributed by atoms with Crippen molar-refractivity contribution in [2.24, 2.45) is 0 Å². The molecule has 96 valence electrons. The lowest BCUT2D eigenvalue weighted by molar-refractivity contribution is 0.293. The summed E-state index contributed by atoms with van der Waals surface area (Å²) in [5.41, 5.74) is 0. The minimum Gasteiger partial charge on any atom is -0.485 e. The van der Waals surface area contributed by atoms with Crippen LogP contribution in [0.5, 0.6) is 5.75 Å². The fourth-order valence-electron chi connectivity index (χ4n) is 1.51. The average molecular weight is 330 g/mol. The molecule has 0 saturated carbocycles. The van der Waals surface area contributed by atoms with Crippen LogP contribution in [0.25, 0.3) is 0 Å². The van der Waals surface area contributed by atoms with Crippen LogP contribution >= 0.6 is 27.3 Å². The van der Waals surface area contributed by atoms with Gasteiger partial charge in [-0.3, -0.25) is 0 Å². The summed E-state index contributed by atoms with van der Waals surface area (Å²) >= 11 is 4.96. The van der Waals surface area contributed by atoms with Gasteiger partial charge in [0.15, 0.2) is 11.6 Å². The molecule has 0 saturated heterocycles. The predicted octanol–water partition coefficient (Wildman–Crippen LogP) is 3.95. The zero-order valence-electron chi connectivity index (χ0n) is 9.87. The zero-order valence-corrected chi connectivity index (χ0v) is 12.3. The van der Waals surface area contributed by atoms with Crippen molar-refractivity contribution < 1.29 is 9.13 Å². The van der Waals surface area contributed by atoms with Crippen molar-refractivity contribution in [3.63, 3.8) is 0 Å². The highest BCUT2D eigenvalue weighted by atomic mass is 79.9. The summed E-state index contributed by atoms with van der Waals surface area (Å²) < 4.78 is 19.7. The second-order valence-electron chi connectivity index (χ2n) is 3.76. The van der Waals surface area contributed by atoms with Gasteiger partial charge in [0.05, 0.1) is 0 Å². The fraction of sp³-hybridized carbons (Fsp3) is 0.231. The molecule has 5 heteroatoms. The molecule has 0 fully saturated rings. The van der Waals surface area contributed by atoms with E-state index in [9.17, 15) is 4.39 Å². The molecule has 0 atom stereocenters. The van der Waals surface area contributed by atoms with Gasteiger partial charge in [0, 0.05) is 20.8 Å². The summed E-state index contributed by atoms with van der Waals surface area (Å²) in [5, 5.41) is 3.09. The number of benzene rings is 1. The molecule has 2 nitrogen and oxygen atoms in total. The van der Waals surface area contributed by atoms with Gasteiger partial charge in [0.25, 0.3) is 0 Å². The Labute approximate surface area is 118 Å². The van der Waals surface area contributed by atoms with E-state index in [1.165, 1.54) is 10.9 Å². The zero-order chi connectivity index (χ0) is 13.0. The van der Waals surface area contributed by atoms with E-state index < -0.39 is 0 Å². The highest BCUT2D eigenvalue weighted by Crippen LogP contribution is 2.24. The van der Waals surface area contributed by atoms with Crippen molar-refractivity contribution in [2.45, 2.75) is 13.2 Å². The van der Waals surface area contributed by atoms with Gasteiger partial charge in [0.2, 0.25) is 0 Å². The van der Waals surface area contributed by atoms with Crippen molar-refractivity contribution in [1.82, 2.24) is 5.32 Å². The van der Waals surface area contributed by atoms with E-state index in [4.69, 9.17) is 4.74 Å². The molecule has 2 aromatic rings. The monoisotopic (exact) mass is 329 g/mol. The molecule has 1 aromatic carbocycles. The third-order valence-electron chi connectivity index (χ3n) is 2.33. The summed E-state index contributed by atoms with van der Waals surface area (Å²) in [6, 6.07) is 8.74. The summed E-state index contributed by atoms with van der Waals surface area (Å²) in [7, 11) is 1.91. The molecule has 1 aromatic heterocycles. The smallest absolute Gasteiger partial charge is 0.165 e. The number of hydrogen-bond acceptors (Lipinski definition) is 3. The lowest BCUT2D eigenvalue weighted by atomic mass is 10.3. The van der Waals surface area contributed by atoms with Gasteiger partial charge in [-0.05, 0) is 37.4 Å². The molecule has 0 unspecified atom stereocenters. The SMILES string of the molecule is CNCc1ccc(COc2cc(Br)ccc2F)s1. The second kappa shape index (κ2) is 6.31. The van der Waals surface area contributed by atoms with Crippen LogP contribution in [-0.2, 0) is 13.2 Å². The molecule has 0 aliphatic carbocycles. The Bertz CT molecular complexity index is 529. The topological polar surface area (TPSA) is 21.3 Å². The largest absolute Gasteiger partial charge is 0.485 e. The van der Waals surface area contributed by atoms with E-state index in [-0.39, 0.29) is 11.6 Å². The van der Waals surface area contributed by atoms with Gasteiger partial charge >= 0.3 is 0 Å². The van der Waals surface area contributed by atoms with Gasteiger partial charge in [-0.15, -0.1) is 11.3 Å². The van der Waals surface area contributed by atoms with Crippen LogP contribution in [0.15, 0.2) is 34.8 Å². The van der Waals surface area contributed by atoms with Crippen LogP contribution in [0.3, 0.4) is 0 Å². The first kappa shape index (κ1) is 13.5. The van der Waals surface area contributed by atoms with Crippen molar-refractivity contribution in [1.29, 1.82) is 0 Å². The Balaban J connectivity index is 1.99. The molecule has 0 radical (unpaired) electrons. The molecule has 0 bridgehead atoms. The quantitative estimate of drug-likeness (QED) is 0.896. The van der Waals surface area contributed by atoms with Crippen molar-refractivity contribution in [2.75, 3.05) is 7.05 Å². The Morgan fingerprint density at radius 2 is 2.06 bits per heavy atom. The van der Waals surface area contributed by atoms with Crippen LogP contribution < -0.4 is 10.1 Å². The minimum absolute atomic E-state index is 0.271. The van der Waals surface area contributed by atoms with E-state index in [1.807, 2.05) is 13.1 Å². The summed E-state index contributed by atoms with van der Waals surface area (Å²) in [6.07, 6.45) is 0. The molecule has 18 heavy (non-hydrogen) atoms. The highest BCUT2D eigenvalue weighted by Gasteiger charge is 2.05. The second-order valence-corrected chi connectivity index (χ2v) is 5.93. The number of hydrogen-bond donors (Lipinski definition) is 1. The standard InChI is InChI=1S/C13H13BrFNOS/c1-16-7-10-3-4-11(18-10)8-17-13-6-9(14)2-5-12(13)15/h2-6,16H,7-8H2,1H3.